The third-order valence-corrected chi connectivity index (χ3v) is 5.96. The van der Waals surface area contributed by atoms with Crippen molar-refractivity contribution in [2.24, 2.45) is 5.92 Å². The maximum Gasteiger partial charge on any atom is 0.232 e. The lowest BCUT2D eigenvalue weighted by atomic mass is 9.94. The fourth-order valence-corrected chi connectivity index (χ4v) is 4.39. The van der Waals surface area contributed by atoms with E-state index in [4.69, 9.17) is 11.6 Å². The number of thiazole rings is 1. The van der Waals surface area contributed by atoms with Gasteiger partial charge in [-0.05, 0) is 29.1 Å². The first kappa shape index (κ1) is 16.7. The quantitative estimate of drug-likeness (QED) is 0.631. The molecule has 0 spiro atoms. The first-order valence-electron chi connectivity index (χ1n) is 7.75. The van der Waals surface area contributed by atoms with Crippen molar-refractivity contribution in [3.05, 3.63) is 57.7 Å². The number of carbonyl (C=O) groups is 1. The van der Waals surface area contributed by atoms with E-state index in [-0.39, 0.29) is 17.9 Å². The molecule has 128 valence electrons. The predicted octanol–water partition coefficient (Wildman–Crippen LogP) is 3.93. The topological polar surface area (TPSA) is 66.0 Å². The zero-order chi connectivity index (χ0) is 17.2. The van der Waals surface area contributed by atoms with Crippen LogP contribution >= 0.6 is 34.3 Å². The van der Waals surface area contributed by atoms with Gasteiger partial charge in [0.05, 0.1) is 22.5 Å². The van der Waals surface area contributed by atoms with Crippen molar-refractivity contribution in [3.63, 3.8) is 0 Å². The van der Waals surface area contributed by atoms with E-state index >= 15 is 0 Å². The van der Waals surface area contributed by atoms with Crippen LogP contribution in [0.5, 0.6) is 0 Å². The molecule has 3 heterocycles. The van der Waals surface area contributed by atoms with Crippen LogP contribution in [-0.4, -0.2) is 17.4 Å². The van der Waals surface area contributed by atoms with Gasteiger partial charge in [0.1, 0.15) is 0 Å². The zero-order valence-corrected chi connectivity index (χ0v) is 15.4. The number of hydrogen-bond donors (Lipinski definition) is 3. The molecule has 2 atom stereocenters. The Kier molecular flexibility index (Phi) is 4.82. The molecule has 4 rings (SSSR count). The molecule has 1 saturated heterocycles. The molecule has 1 aromatic carbocycles. The molecule has 3 N–H and O–H groups in total. The predicted molar refractivity (Wildman–Crippen MR) is 103 cm³/mol. The molecular weight excluding hydrogens is 376 g/mol. The second-order valence-electron chi connectivity index (χ2n) is 5.67. The van der Waals surface area contributed by atoms with Crippen LogP contribution in [0.3, 0.4) is 0 Å². The van der Waals surface area contributed by atoms with Gasteiger partial charge in [-0.3, -0.25) is 10.2 Å². The van der Waals surface area contributed by atoms with Gasteiger partial charge in [-0.2, -0.15) is 0 Å². The number of rotatable bonds is 4. The summed E-state index contributed by atoms with van der Waals surface area (Å²) in [5.74, 6) is -0.278. The maximum atomic E-state index is 12.7. The van der Waals surface area contributed by atoms with Crippen molar-refractivity contribution in [3.8, 4) is 10.6 Å². The minimum absolute atomic E-state index is 0.0514. The fraction of sp³-hybridized carbons (Fsp3) is 0.176. The third kappa shape index (κ3) is 3.61. The third-order valence-electron chi connectivity index (χ3n) is 4.06. The number of carbonyl (C=O) groups excluding carboxylic acids is 1. The molecule has 5 nitrogen and oxygen atoms in total. The number of benzene rings is 1. The Balaban J connectivity index is 1.47. The molecule has 3 aromatic rings. The van der Waals surface area contributed by atoms with Crippen LogP contribution in [-0.2, 0) is 4.79 Å². The van der Waals surface area contributed by atoms with Crippen LogP contribution in [0, 0.1) is 5.92 Å². The summed E-state index contributed by atoms with van der Waals surface area (Å²) < 4.78 is 0. The van der Waals surface area contributed by atoms with Crippen LogP contribution in [0.25, 0.3) is 10.6 Å². The average molecular weight is 391 g/mol. The fourth-order valence-electron chi connectivity index (χ4n) is 2.79. The van der Waals surface area contributed by atoms with E-state index in [1.165, 1.54) is 11.3 Å². The van der Waals surface area contributed by atoms with Gasteiger partial charge >= 0.3 is 0 Å². The summed E-state index contributed by atoms with van der Waals surface area (Å²) >= 11 is 9.02. The van der Waals surface area contributed by atoms with Gasteiger partial charge in [0.25, 0.3) is 0 Å². The first-order valence-corrected chi connectivity index (χ1v) is 9.88. The largest absolute Gasteiger partial charge is 0.302 e. The van der Waals surface area contributed by atoms with Crippen molar-refractivity contribution in [2.75, 3.05) is 11.9 Å². The summed E-state index contributed by atoms with van der Waals surface area (Å²) in [6, 6.07) is 11.4. The van der Waals surface area contributed by atoms with Crippen molar-refractivity contribution in [1.82, 2.24) is 15.8 Å². The molecule has 1 aliphatic rings. The van der Waals surface area contributed by atoms with Crippen molar-refractivity contribution in [2.45, 2.75) is 6.04 Å². The highest BCUT2D eigenvalue weighted by Gasteiger charge is 2.34. The zero-order valence-electron chi connectivity index (χ0n) is 13.0. The maximum absolute atomic E-state index is 12.7. The normalized spacial score (nSPS) is 19.9. The molecule has 0 radical (unpaired) electrons. The number of anilines is 1. The van der Waals surface area contributed by atoms with Crippen LogP contribution in [0.4, 0.5) is 5.13 Å². The lowest BCUT2D eigenvalue weighted by Crippen LogP contribution is -2.29. The SMILES string of the molecule is O=C(Nc1nc(-c2cccs2)cs1)C1CNNC1c1ccc(Cl)cc1. The number of nitrogens with zero attached hydrogens (tertiary/aromatic N) is 1. The van der Waals surface area contributed by atoms with E-state index in [1.54, 1.807) is 11.3 Å². The molecule has 2 aromatic heterocycles. The Hall–Kier alpha value is -1.77. The van der Waals surface area contributed by atoms with Crippen LogP contribution in [0.1, 0.15) is 11.6 Å². The van der Waals surface area contributed by atoms with E-state index < -0.39 is 0 Å². The molecule has 0 saturated carbocycles. The summed E-state index contributed by atoms with van der Waals surface area (Å²) in [6.45, 7) is 0.558. The molecular formula is C17H15ClN4OS2. The highest BCUT2D eigenvalue weighted by molar-refractivity contribution is 7.16. The van der Waals surface area contributed by atoms with Gasteiger partial charge in [-0.1, -0.05) is 29.8 Å². The van der Waals surface area contributed by atoms with E-state index in [0.29, 0.717) is 16.7 Å². The lowest BCUT2D eigenvalue weighted by Gasteiger charge is -2.17. The Morgan fingerprint density at radius 1 is 1.24 bits per heavy atom. The number of thiophene rings is 1. The number of amides is 1. The number of nitrogens with one attached hydrogen (secondary N) is 3. The molecule has 8 heteroatoms. The van der Waals surface area contributed by atoms with Crippen molar-refractivity contribution < 1.29 is 4.79 Å². The average Bonchev–Trinajstić information content (AvgIpc) is 3.36. The van der Waals surface area contributed by atoms with E-state index in [9.17, 15) is 4.79 Å². The lowest BCUT2D eigenvalue weighted by molar-refractivity contribution is -0.119. The Morgan fingerprint density at radius 2 is 2.08 bits per heavy atom. The molecule has 25 heavy (non-hydrogen) atoms. The Bertz CT molecular complexity index is 863. The second-order valence-corrected chi connectivity index (χ2v) is 7.91. The van der Waals surface area contributed by atoms with Crippen LogP contribution in [0.15, 0.2) is 47.2 Å². The molecule has 2 unspecified atom stereocenters. The Morgan fingerprint density at radius 3 is 2.84 bits per heavy atom. The van der Waals surface area contributed by atoms with Gasteiger partial charge in [-0.25, -0.2) is 10.4 Å². The van der Waals surface area contributed by atoms with E-state index in [2.05, 4.69) is 21.2 Å². The monoisotopic (exact) mass is 390 g/mol. The Labute approximate surface area is 158 Å². The minimum atomic E-state index is -0.227. The molecule has 0 bridgehead atoms. The number of halogens is 1. The number of hydrogen-bond acceptors (Lipinski definition) is 6. The molecule has 1 fully saturated rings. The standard InChI is InChI=1S/C17H15ClN4OS2/c18-11-5-3-10(4-6-11)15-12(8-19-22-15)16(23)21-17-20-13(9-25-17)14-2-1-7-24-14/h1-7,9,12,15,19,22H,8H2,(H,20,21,23). The smallest absolute Gasteiger partial charge is 0.232 e. The van der Waals surface area contributed by atoms with Crippen LogP contribution in [0.2, 0.25) is 5.02 Å². The highest BCUT2D eigenvalue weighted by atomic mass is 35.5. The van der Waals surface area contributed by atoms with Gasteiger partial charge in [0.15, 0.2) is 5.13 Å². The summed E-state index contributed by atoms with van der Waals surface area (Å²) in [7, 11) is 0. The second kappa shape index (κ2) is 7.23. The summed E-state index contributed by atoms with van der Waals surface area (Å²) in [4.78, 5) is 18.3. The van der Waals surface area contributed by atoms with E-state index in [1.807, 2.05) is 47.2 Å². The van der Waals surface area contributed by atoms with Crippen molar-refractivity contribution in [1.29, 1.82) is 0 Å². The molecule has 0 aliphatic carbocycles. The van der Waals surface area contributed by atoms with Crippen LogP contribution < -0.4 is 16.2 Å². The molecule has 1 amide bonds. The summed E-state index contributed by atoms with van der Waals surface area (Å²) in [5, 5.41) is 8.22. The van der Waals surface area contributed by atoms with Gasteiger partial charge in [-0.15, -0.1) is 22.7 Å². The van der Waals surface area contributed by atoms with Gasteiger partial charge in [0.2, 0.25) is 5.91 Å². The molecule has 1 aliphatic heterocycles. The highest BCUT2D eigenvalue weighted by Crippen LogP contribution is 2.30. The van der Waals surface area contributed by atoms with Gasteiger partial charge in [0, 0.05) is 16.9 Å². The summed E-state index contributed by atoms with van der Waals surface area (Å²) in [6.07, 6.45) is 0. The van der Waals surface area contributed by atoms with Gasteiger partial charge < -0.3 is 5.32 Å². The van der Waals surface area contributed by atoms with E-state index in [0.717, 1.165) is 16.1 Å². The number of hydrazine groups is 1. The summed E-state index contributed by atoms with van der Waals surface area (Å²) in [5.41, 5.74) is 8.15. The number of aromatic nitrogens is 1. The minimum Gasteiger partial charge on any atom is -0.302 e. The first-order chi connectivity index (χ1) is 12.2. The van der Waals surface area contributed by atoms with Crippen molar-refractivity contribution >= 4 is 45.3 Å².